The predicted octanol–water partition coefficient (Wildman–Crippen LogP) is 4.61. The van der Waals surface area contributed by atoms with Gasteiger partial charge in [-0.25, -0.2) is 9.50 Å². The molecule has 0 saturated heterocycles. The van der Waals surface area contributed by atoms with Gasteiger partial charge in [-0.2, -0.15) is 5.10 Å². The van der Waals surface area contributed by atoms with Gasteiger partial charge in [0, 0.05) is 13.1 Å². The largest absolute Gasteiger partial charge is 0.497 e. The van der Waals surface area contributed by atoms with Gasteiger partial charge < -0.3 is 14.4 Å². The van der Waals surface area contributed by atoms with E-state index in [9.17, 15) is 0 Å². The number of ether oxygens (including phenoxy) is 2. The van der Waals surface area contributed by atoms with E-state index in [2.05, 4.69) is 39.2 Å². The number of nitrogens with zero attached hydrogens (tertiary/aromatic N) is 4. The van der Waals surface area contributed by atoms with Crippen molar-refractivity contribution in [2.75, 3.05) is 19.1 Å². The number of halogens is 1. The van der Waals surface area contributed by atoms with Crippen LogP contribution in [0.1, 0.15) is 11.1 Å². The lowest BCUT2D eigenvalue weighted by Crippen LogP contribution is -2.23. The van der Waals surface area contributed by atoms with E-state index >= 15 is 0 Å². The highest BCUT2D eigenvalue weighted by Gasteiger charge is 2.15. The molecule has 148 valence electrons. The van der Waals surface area contributed by atoms with E-state index in [1.54, 1.807) is 31.1 Å². The summed E-state index contributed by atoms with van der Waals surface area (Å²) < 4.78 is 12.3. The Hall–Kier alpha value is -3.25. The molecule has 0 spiro atoms. The number of hydrogen-bond acceptors (Lipinski definition) is 5. The summed E-state index contributed by atoms with van der Waals surface area (Å²) in [6, 6.07) is 18.1. The van der Waals surface area contributed by atoms with E-state index < -0.39 is 0 Å². The van der Waals surface area contributed by atoms with Crippen LogP contribution >= 0.6 is 11.6 Å². The molecule has 0 saturated carbocycles. The molecule has 4 aromatic rings. The summed E-state index contributed by atoms with van der Waals surface area (Å²) in [6.07, 6.45) is 3.47. The minimum absolute atomic E-state index is 0.416. The molecule has 29 heavy (non-hydrogen) atoms. The first-order valence-electron chi connectivity index (χ1n) is 9.17. The zero-order chi connectivity index (χ0) is 20.2. The molecule has 0 aliphatic carbocycles. The summed E-state index contributed by atoms with van der Waals surface area (Å²) in [6.45, 7) is 1.39. The lowest BCUT2D eigenvalue weighted by Gasteiger charge is -2.25. The fourth-order valence-electron chi connectivity index (χ4n) is 3.23. The van der Waals surface area contributed by atoms with E-state index in [0.717, 1.165) is 34.0 Å². The molecule has 2 heterocycles. The Morgan fingerprint density at radius 3 is 1.93 bits per heavy atom. The van der Waals surface area contributed by atoms with Crippen molar-refractivity contribution in [1.82, 2.24) is 14.6 Å². The predicted molar refractivity (Wildman–Crippen MR) is 114 cm³/mol. The summed E-state index contributed by atoms with van der Waals surface area (Å²) in [7, 11) is 3.33. The van der Waals surface area contributed by atoms with Crippen molar-refractivity contribution in [2.45, 2.75) is 13.1 Å². The summed E-state index contributed by atoms with van der Waals surface area (Å²) >= 11 is 6.13. The average molecular weight is 409 g/mol. The monoisotopic (exact) mass is 408 g/mol. The highest BCUT2D eigenvalue weighted by atomic mass is 35.5. The van der Waals surface area contributed by atoms with E-state index in [1.165, 1.54) is 0 Å². The number of aromatic nitrogens is 3. The van der Waals surface area contributed by atoms with Crippen LogP contribution in [-0.4, -0.2) is 28.8 Å². The highest BCUT2D eigenvalue weighted by molar-refractivity contribution is 6.29. The van der Waals surface area contributed by atoms with E-state index in [1.807, 2.05) is 30.3 Å². The van der Waals surface area contributed by atoms with Crippen LogP contribution in [0.4, 0.5) is 5.69 Å². The number of rotatable bonds is 7. The second-order valence-electron chi connectivity index (χ2n) is 6.60. The Labute approximate surface area is 174 Å². The molecule has 6 nitrogen and oxygen atoms in total. The zero-order valence-corrected chi connectivity index (χ0v) is 17.0. The normalized spacial score (nSPS) is 10.9. The zero-order valence-electron chi connectivity index (χ0n) is 16.2. The van der Waals surface area contributed by atoms with Crippen LogP contribution in [0.5, 0.6) is 11.5 Å². The van der Waals surface area contributed by atoms with Gasteiger partial charge in [-0.15, -0.1) is 0 Å². The number of hydrogen-bond donors (Lipinski definition) is 0. The second-order valence-corrected chi connectivity index (χ2v) is 6.99. The van der Waals surface area contributed by atoms with Gasteiger partial charge in [-0.1, -0.05) is 35.9 Å². The van der Waals surface area contributed by atoms with Crippen LogP contribution in [0.2, 0.25) is 5.15 Å². The molecule has 0 aliphatic heterocycles. The maximum Gasteiger partial charge on any atom is 0.178 e. The number of benzene rings is 2. The third kappa shape index (κ3) is 4.27. The Morgan fingerprint density at radius 1 is 0.862 bits per heavy atom. The SMILES string of the molecule is COc1ccc(CN(Cc2ccc(OC)cc2)c2ccnn3cc(Cl)nc23)cc1. The topological polar surface area (TPSA) is 51.9 Å². The second kappa shape index (κ2) is 8.41. The molecule has 0 unspecified atom stereocenters. The van der Waals surface area contributed by atoms with Gasteiger partial charge in [0.15, 0.2) is 5.65 Å². The quantitative estimate of drug-likeness (QED) is 0.447. The van der Waals surface area contributed by atoms with Crippen molar-refractivity contribution in [2.24, 2.45) is 0 Å². The Balaban J connectivity index is 1.70. The maximum atomic E-state index is 6.13. The molecule has 0 fully saturated rings. The molecule has 0 radical (unpaired) electrons. The number of methoxy groups -OCH3 is 2. The number of fused-ring (bicyclic) bond motifs is 1. The van der Waals surface area contributed by atoms with Gasteiger partial charge in [0.25, 0.3) is 0 Å². The lowest BCUT2D eigenvalue weighted by molar-refractivity contribution is 0.414. The Morgan fingerprint density at radius 2 is 1.41 bits per heavy atom. The van der Waals surface area contributed by atoms with Crippen LogP contribution in [0.3, 0.4) is 0 Å². The highest BCUT2D eigenvalue weighted by Crippen LogP contribution is 2.26. The molecule has 0 amide bonds. The smallest absolute Gasteiger partial charge is 0.178 e. The van der Waals surface area contributed by atoms with Crippen molar-refractivity contribution in [3.63, 3.8) is 0 Å². The van der Waals surface area contributed by atoms with Crippen molar-refractivity contribution >= 4 is 22.9 Å². The lowest BCUT2D eigenvalue weighted by atomic mass is 10.1. The van der Waals surface area contributed by atoms with Crippen molar-refractivity contribution in [1.29, 1.82) is 0 Å². The molecule has 7 heteroatoms. The molecule has 4 rings (SSSR count). The van der Waals surface area contributed by atoms with E-state index in [4.69, 9.17) is 21.1 Å². The van der Waals surface area contributed by atoms with Crippen molar-refractivity contribution < 1.29 is 9.47 Å². The first-order valence-corrected chi connectivity index (χ1v) is 9.55. The number of anilines is 1. The van der Waals surface area contributed by atoms with Crippen molar-refractivity contribution in [3.05, 3.63) is 83.3 Å². The molecule has 0 bridgehead atoms. The summed E-state index contributed by atoms with van der Waals surface area (Å²) in [5.74, 6) is 1.67. The molecule has 0 aliphatic rings. The number of imidazole rings is 1. The van der Waals surface area contributed by atoms with E-state index in [0.29, 0.717) is 18.2 Å². The van der Waals surface area contributed by atoms with Crippen LogP contribution < -0.4 is 14.4 Å². The van der Waals surface area contributed by atoms with Gasteiger partial charge in [0.2, 0.25) is 0 Å². The summed E-state index contributed by atoms with van der Waals surface area (Å²) in [5, 5.41) is 4.73. The van der Waals surface area contributed by atoms with Gasteiger partial charge in [0.1, 0.15) is 16.7 Å². The summed E-state index contributed by atoms with van der Waals surface area (Å²) in [4.78, 5) is 6.71. The molecule has 2 aromatic carbocycles. The fourth-order valence-corrected chi connectivity index (χ4v) is 3.40. The molecule has 2 aromatic heterocycles. The fraction of sp³-hybridized carbons (Fsp3) is 0.182. The average Bonchev–Trinajstić information content (AvgIpc) is 3.14. The van der Waals surface area contributed by atoms with Gasteiger partial charge in [0.05, 0.1) is 32.3 Å². The van der Waals surface area contributed by atoms with Crippen LogP contribution in [0, 0.1) is 0 Å². The standard InChI is InChI=1S/C22H21ClN4O2/c1-28-18-7-3-16(4-8-18)13-26(14-17-5-9-19(29-2)10-6-17)20-11-12-24-27-15-21(23)25-22(20)27/h3-12,15H,13-14H2,1-2H3. The third-order valence-corrected chi connectivity index (χ3v) is 4.90. The van der Waals surface area contributed by atoms with Crippen LogP contribution in [0.25, 0.3) is 5.65 Å². The molecular formula is C22H21ClN4O2. The molecule has 0 N–H and O–H groups in total. The summed E-state index contributed by atoms with van der Waals surface area (Å²) in [5.41, 5.74) is 4.00. The van der Waals surface area contributed by atoms with Crippen LogP contribution in [-0.2, 0) is 13.1 Å². The van der Waals surface area contributed by atoms with Crippen LogP contribution in [0.15, 0.2) is 67.0 Å². The first kappa shape index (κ1) is 19.1. The maximum absolute atomic E-state index is 6.13. The van der Waals surface area contributed by atoms with E-state index in [-0.39, 0.29) is 0 Å². The van der Waals surface area contributed by atoms with Gasteiger partial charge >= 0.3 is 0 Å². The Kier molecular flexibility index (Phi) is 5.53. The Bertz CT molecular complexity index is 1040. The van der Waals surface area contributed by atoms with Crippen molar-refractivity contribution in [3.8, 4) is 11.5 Å². The minimum Gasteiger partial charge on any atom is -0.497 e. The third-order valence-electron chi connectivity index (χ3n) is 4.72. The first-order chi connectivity index (χ1) is 14.2. The van der Waals surface area contributed by atoms with Gasteiger partial charge in [-0.05, 0) is 41.5 Å². The molecule has 0 atom stereocenters. The minimum atomic E-state index is 0.416. The van der Waals surface area contributed by atoms with Gasteiger partial charge in [-0.3, -0.25) is 0 Å². The molecular weight excluding hydrogens is 388 g/mol.